The summed E-state index contributed by atoms with van der Waals surface area (Å²) >= 11 is 0. The molecule has 5 heteroatoms. The molecule has 1 fully saturated rings. The molecule has 2 rings (SSSR count). The number of benzene rings is 1. The van der Waals surface area contributed by atoms with Gasteiger partial charge in [-0.15, -0.1) is 0 Å². The summed E-state index contributed by atoms with van der Waals surface area (Å²) in [6, 6.07) is 7.46. The predicted octanol–water partition coefficient (Wildman–Crippen LogP) is 1.61. The average Bonchev–Trinajstić information content (AvgIpc) is 2.79. The van der Waals surface area contributed by atoms with Crippen molar-refractivity contribution in [3.63, 3.8) is 0 Å². The van der Waals surface area contributed by atoms with E-state index in [0.29, 0.717) is 25.0 Å². The summed E-state index contributed by atoms with van der Waals surface area (Å²) in [6.45, 7) is 5.45. The van der Waals surface area contributed by atoms with Gasteiger partial charge in [0.05, 0.1) is 6.61 Å². The average molecular weight is 275 g/mol. The number of guanidine groups is 1. The van der Waals surface area contributed by atoms with Gasteiger partial charge in [-0.3, -0.25) is 15.1 Å². The minimum absolute atomic E-state index is 0.0630. The van der Waals surface area contributed by atoms with Crippen molar-refractivity contribution in [3.05, 3.63) is 35.4 Å². The zero-order valence-corrected chi connectivity index (χ0v) is 12.1. The van der Waals surface area contributed by atoms with Crippen molar-refractivity contribution < 1.29 is 9.53 Å². The van der Waals surface area contributed by atoms with Crippen molar-refractivity contribution in [2.75, 3.05) is 13.7 Å². The van der Waals surface area contributed by atoms with Crippen molar-refractivity contribution in [1.29, 1.82) is 0 Å². The molecule has 0 aromatic heterocycles. The van der Waals surface area contributed by atoms with E-state index in [1.807, 2.05) is 24.3 Å². The number of amides is 1. The lowest BCUT2D eigenvalue weighted by atomic mass is 10.1. The van der Waals surface area contributed by atoms with Gasteiger partial charge in [-0.05, 0) is 17.0 Å². The van der Waals surface area contributed by atoms with Gasteiger partial charge < -0.3 is 10.1 Å². The Bertz CT molecular complexity index is 494. The highest BCUT2D eigenvalue weighted by Gasteiger charge is 2.29. The first-order valence-corrected chi connectivity index (χ1v) is 6.79. The van der Waals surface area contributed by atoms with Crippen molar-refractivity contribution in [2.45, 2.75) is 26.5 Å². The number of ether oxygens (including phenoxy) is 1. The van der Waals surface area contributed by atoms with E-state index < -0.39 is 0 Å². The molecule has 1 atom stereocenters. The van der Waals surface area contributed by atoms with Gasteiger partial charge in [0.2, 0.25) is 0 Å². The number of hydrogen-bond donors (Lipinski definition) is 2. The molecule has 0 radical (unpaired) electrons. The van der Waals surface area contributed by atoms with E-state index in [0.717, 1.165) is 11.1 Å². The maximum Gasteiger partial charge on any atom is 0.253 e. The molecule has 0 aliphatic carbocycles. The Kier molecular flexibility index (Phi) is 4.74. The molecule has 1 aromatic carbocycles. The summed E-state index contributed by atoms with van der Waals surface area (Å²) in [5.74, 6) is 0.968. The number of carbonyl (C=O) groups is 1. The predicted molar refractivity (Wildman–Crippen MR) is 78.3 cm³/mol. The molecule has 108 valence electrons. The summed E-state index contributed by atoms with van der Waals surface area (Å²) in [6.07, 6.45) is 0. The van der Waals surface area contributed by atoms with Crippen LogP contribution < -0.4 is 10.6 Å². The molecule has 1 aliphatic rings. The topological polar surface area (TPSA) is 62.7 Å². The fourth-order valence-electron chi connectivity index (χ4n) is 1.99. The van der Waals surface area contributed by atoms with Crippen molar-refractivity contribution in [3.8, 4) is 0 Å². The second-order valence-electron chi connectivity index (χ2n) is 5.32. The Hall–Kier alpha value is -1.88. The van der Waals surface area contributed by atoms with Crippen LogP contribution in [0.25, 0.3) is 0 Å². The third kappa shape index (κ3) is 3.57. The first-order valence-electron chi connectivity index (χ1n) is 6.79. The van der Waals surface area contributed by atoms with Gasteiger partial charge in [0, 0.05) is 13.7 Å². The first kappa shape index (κ1) is 14.5. The number of aliphatic imine (C=N–C) groups is 1. The number of carbonyl (C=O) groups excluding carboxylic acids is 1. The van der Waals surface area contributed by atoms with Gasteiger partial charge in [-0.2, -0.15) is 0 Å². The van der Waals surface area contributed by atoms with Crippen LogP contribution >= 0.6 is 0 Å². The Morgan fingerprint density at radius 2 is 2.00 bits per heavy atom. The monoisotopic (exact) mass is 275 g/mol. The third-order valence-electron chi connectivity index (χ3n) is 3.02. The number of nitrogens with zero attached hydrogens (tertiary/aromatic N) is 1. The van der Waals surface area contributed by atoms with Crippen LogP contribution in [0.1, 0.15) is 31.0 Å². The molecule has 1 aliphatic heterocycles. The highest BCUT2D eigenvalue weighted by atomic mass is 16.5. The van der Waals surface area contributed by atoms with Gasteiger partial charge in [0.15, 0.2) is 5.96 Å². The minimum Gasteiger partial charge on any atom is -0.380 e. The van der Waals surface area contributed by atoms with Crippen molar-refractivity contribution >= 4 is 11.9 Å². The van der Waals surface area contributed by atoms with Gasteiger partial charge in [0.1, 0.15) is 6.04 Å². The molecule has 0 spiro atoms. The van der Waals surface area contributed by atoms with Crippen LogP contribution in [0.4, 0.5) is 0 Å². The highest BCUT2D eigenvalue weighted by molar-refractivity contribution is 6.06. The molecule has 1 heterocycles. The van der Waals surface area contributed by atoms with Crippen molar-refractivity contribution in [1.82, 2.24) is 10.6 Å². The summed E-state index contributed by atoms with van der Waals surface area (Å²) < 4.78 is 5.07. The van der Waals surface area contributed by atoms with Gasteiger partial charge in [-0.1, -0.05) is 38.1 Å². The second-order valence-corrected chi connectivity index (χ2v) is 5.32. The zero-order valence-electron chi connectivity index (χ0n) is 12.1. The van der Waals surface area contributed by atoms with E-state index in [9.17, 15) is 4.79 Å². The molecule has 0 saturated carbocycles. The zero-order chi connectivity index (χ0) is 14.5. The fraction of sp³-hybridized carbons (Fsp3) is 0.467. The van der Waals surface area contributed by atoms with Gasteiger partial charge >= 0.3 is 0 Å². The van der Waals surface area contributed by atoms with E-state index in [1.165, 1.54) is 0 Å². The van der Waals surface area contributed by atoms with Crippen LogP contribution in [0.3, 0.4) is 0 Å². The van der Waals surface area contributed by atoms with E-state index in [4.69, 9.17) is 4.74 Å². The molecule has 20 heavy (non-hydrogen) atoms. The Morgan fingerprint density at radius 3 is 2.60 bits per heavy atom. The molecular formula is C15H21N3O2. The lowest BCUT2D eigenvalue weighted by Gasteiger charge is -2.09. The molecule has 5 nitrogen and oxygen atoms in total. The molecule has 1 aromatic rings. The highest BCUT2D eigenvalue weighted by Crippen LogP contribution is 2.17. The van der Waals surface area contributed by atoms with Gasteiger partial charge in [0.25, 0.3) is 5.91 Å². The molecule has 1 amide bonds. The minimum atomic E-state index is -0.363. The normalized spacial score (nSPS) is 20.3. The standard InChI is InChI=1S/C15H21N3O2/c1-10(2)8-16-15-17-13(14(19)18-15)12-6-4-11(5-7-12)9-20-3/h4-7,10,13H,8-9H2,1-3H3,(H2,16,17,18,19). The van der Waals surface area contributed by atoms with Crippen LogP contribution in [-0.2, 0) is 16.1 Å². The van der Waals surface area contributed by atoms with Crippen LogP contribution in [0, 0.1) is 5.92 Å². The van der Waals surface area contributed by atoms with Crippen LogP contribution in [-0.4, -0.2) is 25.5 Å². The number of hydrogen-bond acceptors (Lipinski definition) is 3. The number of nitrogens with one attached hydrogen (secondary N) is 2. The maximum atomic E-state index is 12.0. The van der Waals surface area contributed by atoms with Crippen LogP contribution in [0.15, 0.2) is 29.3 Å². The Balaban J connectivity index is 2.05. The lowest BCUT2D eigenvalue weighted by molar-refractivity contribution is -0.120. The molecule has 1 saturated heterocycles. The first-order chi connectivity index (χ1) is 9.60. The SMILES string of the molecule is COCc1ccc(C2NC(=NCC(C)C)NC2=O)cc1. The summed E-state index contributed by atoms with van der Waals surface area (Å²) in [4.78, 5) is 16.3. The quantitative estimate of drug-likeness (QED) is 0.858. The van der Waals surface area contributed by atoms with E-state index in [2.05, 4.69) is 29.5 Å². The summed E-state index contributed by atoms with van der Waals surface area (Å²) in [5.41, 5.74) is 2.01. The maximum absolute atomic E-state index is 12.0. The summed E-state index contributed by atoms with van der Waals surface area (Å²) in [7, 11) is 1.66. The molecular weight excluding hydrogens is 254 g/mol. The van der Waals surface area contributed by atoms with Crippen molar-refractivity contribution in [2.24, 2.45) is 10.9 Å². The fourth-order valence-corrected chi connectivity index (χ4v) is 1.99. The second kappa shape index (κ2) is 6.52. The van der Waals surface area contributed by atoms with E-state index >= 15 is 0 Å². The number of methoxy groups -OCH3 is 1. The van der Waals surface area contributed by atoms with Crippen LogP contribution in [0.2, 0.25) is 0 Å². The van der Waals surface area contributed by atoms with E-state index in [1.54, 1.807) is 7.11 Å². The molecule has 2 N–H and O–H groups in total. The number of rotatable bonds is 5. The van der Waals surface area contributed by atoms with E-state index in [-0.39, 0.29) is 11.9 Å². The van der Waals surface area contributed by atoms with Gasteiger partial charge in [-0.25, -0.2) is 0 Å². The smallest absolute Gasteiger partial charge is 0.253 e. The summed E-state index contributed by atoms with van der Waals surface area (Å²) in [5, 5.41) is 5.89. The Labute approximate surface area is 119 Å². The molecule has 0 bridgehead atoms. The largest absolute Gasteiger partial charge is 0.380 e. The van der Waals surface area contributed by atoms with Crippen LogP contribution in [0.5, 0.6) is 0 Å². The third-order valence-corrected chi connectivity index (χ3v) is 3.02. The molecule has 1 unspecified atom stereocenters. The Morgan fingerprint density at radius 1 is 1.30 bits per heavy atom. The lowest BCUT2D eigenvalue weighted by Crippen LogP contribution is -2.26.